The molecule has 2 aromatic carbocycles. The highest BCUT2D eigenvalue weighted by Crippen LogP contribution is 2.30. The van der Waals surface area contributed by atoms with Gasteiger partial charge in [0.05, 0.1) is 43.9 Å². The summed E-state index contributed by atoms with van der Waals surface area (Å²) >= 11 is 0. The number of ether oxygens (including phenoxy) is 3. The first-order chi connectivity index (χ1) is 29.9. The van der Waals surface area contributed by atoms with Gasteiger partial charge in [-0.15, -0.1) is 0 Å². The summed E-state index contributed by atoms with van der Waals surface area (Å²) in [5.74, 6) is -1.84. The van der Waals surface area contributed by atoms with Gasteiger partial charge < -0.3 is 39.8 Å². The summed E-state index contributed by atoms with van der Waals surface area (Å²) in [7, 11) is 10.1. The molecular formula is C49H80N6O8. The number of likely N-dealkylation sites (N-methyl/N-ethyl adjacent to an activating group) is 2. The Kier molecular flexibility index (Phi) is 22.0. The number of benzene rings is 2. The molecule has 1 aliphatic rings. The van der Waals surface area contributed by atoms with E-state index in [1.54, 1.807) is 26.2 Å². The fourth-order valence-corrected chi connectivity index (χ4v) is 9.19. The van der Waals surface area contributed by atoms with Crippen molar-refractivity contribution in [3.63, 3.8) is 0 Å². The van der Waals surface area contributed by atoms with Crippen molar-refractivity contribution in [2.45, 2.75) is 136 Å². The molecule has 0 saturated carbocycles. The lowest BCUT2D eigenvalue weighted by Crippen LogP contribution is -2.60. The molecule has 3 rings (SSSR count). The van der Waals surface area contributed by atoms with Crippen LogP contribution >= 0.6 is 0 Å². The summed E-state index contributed by atoms with van der Waals surface area (Å²) < 4.78 is 17.2. The van der Waals surface area contributed by atoms with Gasteiger partial charge in [-0.2, -0.15) is 0 Å². The molecule has 2 unspecified atom stereocenters. The van der Waals surface area contributed by atoms with Gasteiger partial charge in [-0.3, -0.25) is 29.4 Å². The van der Waals surface area contributed by atoms with Gasteiger partial charge in [-0.1, -0.05) is 97.4 Å². The van der Waals surface area contributed by atoms with Crippen LogP contribution in [0.3, 0.4) is 0 Å². The molecule has 1 saturated heterocycles. The van der Waals surface area contributed by atoms with Crippen molar-refractivity contribution in [3.05, 3.63) is 65.7 Å². The minimum absolute atomic E-state index is 0.00916. The SMILES string of the molecule is CC[C@H](C)[C@@H]([C@@H](CC(=O)N1CCC[C@H]1[C@H](OC)[C@@H](C)C(O)N[C@@H](Cc1ccccc1)C(=O)OC)OC)N(C)C(=O)[C@@H](NC(=O)C(C(C)C)N(C)CCc1ccc(NC)cc1)C(C)C. The smallest absolute Gasteiger partial charge is 0.323 e. The van der Waals surface area contributed by atoms with E-state index in [9.17, 15) is 24.3 Å². The second-order valence-electron chi connectivity index (χ2n) is 18.1. The molecule has 4 N–H and O–H groups in total. The van der Waals surface area contributed by atoms with E-state index in [0.29, 0.717) is 25.9 Å². The molecule has 14 heteroatoms. The van der Waals surface area contributed by atoms with Gasteiger partial charge in [-0.25, -0.2) is 0 Å². The average molecular weight is 881 g/mol. The van der Waals surface area contributed by atoms with E-state index in [2.05, 4.69) is 46.8 Å². The van der Waals surface area contributed by atoms with Crippen LogP contribution in [0.5, 0.6) is 0 Å². The van der Waals surface area contributed by atoms with Gasteiger partial charge in [0.1, 0.15) is 18.3 Å². The number of amides is 3. The van der Waals surface area contributed by atoms with E-state index < -0.39 is 54.5 Å². The Balaban J connectivity index is 1.76. The highest BCUT2D eigenvalue weighted by molar-refractivity contribution is 5.90. The number of carbonyl (C=O) groups is 4. The molecule has 10 atom stereocenters. The zero-order valence-corrected chi connectivity index (χ0v) is 40.4. The van der Waals surface area contributed by atoms with Gasteiger partial charge in [0, 0.05) is 53.0 Å². The van der Waals surface area contributed by atoms with Gasteiger partial charge in [0.15, 0.2) is 0 Å². The molecule has 0 bridgehead atoms. The molecule has 354 valence electrons. The topological polar surface area (TPSA) is 162 Å². The Labute approximate surface area is 378 Å². The van der Waals surface area contributed by atoms with Crippen LogP contribution in [0.1, 0.15) is 85.3 Å². The largest absolute Gasteiger partial charge is 0.468 e. The first-order valence-corrected chi connectivity index (χ1v) is 22.9. The number of rotatable bonds is 26. The fourth-order valence-electron chi connectivity index (χ4n) is 9.19. The molecule has 1 aliphatic heterocycles. The molecule has 0 spiro atoms. The van der Waals surface area contributed by atoms with Gasteiger partial charge >= 0.3 is 5.97 Å². The van der Waals surface area contributed by atoms with Crippen molar-refractivity contribution >= 4 is 29.4 Å². The summed E-state index contributed by atoms with van der Waals surface area (Å²) in [6.45, 7) is 15.0. The van der Waals surface area contributed by atoms with Crippen LogP contribution in [0.4, 0.5) is 5.69 Å². The number of aliphatic hydroxyl groups is 1. The molecule has 1 fully saturated rings. The van der Waals surface area contributed by atoms with Crippen LogP contribution < -0.4 is 16.0 Å². The number of nitrogens with zero attached hydrogens (tertiary/aromatic N) is 3. The Morgan fingerprint density at radius 1 is 0.889 bits per heavy atom. The molecule has 63 heavy (non-hydrogen) atoms. The number of hydrogen-bond acceptors (Lipinski definition) is 11. The lowest BCUT2D eigenvalue weighted by molar-refractivity contribution is -0.148. The van der Waals surface area contributed by atoms with Gasteiger partial charge in [0.25, 0.3) is 0 Å². The van der Waals surface area contributed by atoms with Crippen LogP contribution in [0.2, 0.25) is 0 Å². The van der Waals surface area contributed by atoms with E-state index in [1.807, 2.05) is 96.1 Å². The summed E-state index contributed by atoms with van der Waals surface area (Å²) in [5, 5.41) is 20.8. The van der Waals surface area contributed by atoms with E-state index >= 15 is 0 Å². The Hall–Kier alpha value is -4.08. The number of methoxy groups -OCH3 is 3. The maximum Gasteiger partial charge on any atom is 0.323 e. The van der Waals surface area contributed by atoms with Gasteiger partial charge in [-0.05, 0) is 73.7 Å². The minimum atomic E-state index is -1.14. The molecule has 0 aliphatic carbocycles. The Morgan fingerprint density at radius 2 is 1.54 bits per heavy atom. The lowest BCUT2D eigenvalue weighted by Gasteiger charge is -2.41. The third-order valence-corrected chi connectivity index (χ3v) is 13.1. The fraction of sp³-hybridized carbons (Fsp3) is 0.673. The predicted octanol–water partition coefficient (Wildman–Crippen LogP) is 4.98. The van der Waals surface area contributed by atoms with E-state index in [0.717, 1.165) is 30.5 Å². The van der Waals surface area contributed by atoms with Crippen LogP contribution in [-0.2, 0) is 46.2 Å². The number of anilines is 1. The molecule has 3 amide bonds. The first-order valence-electron chi connectivity index (χ1n) is 22.9. The van der Waals surface area contributed by atoms with Gasteiger partial charge in [0.2, 0.25) is 17.7 Å². The maximum absolute atomic E-state index is 14.6. The normalized spacial score (nSPS) is 18.6. The molecule has 0 radical (unpaired) electrons. The summed E-state index contributed by atoms with van der Waals surface area (Å²) in [6, 6.07) is 14.9. The molecule has 0 aromatic heterocycles. The Morgan fingerprint density at radius 3 is 2.08 bits per heavy atom. The highest BCUT2D eigenvalue weighted by atomic mass is 16.5. The number of esters is 1. The van der Waals surface area contributed by atoms with Crippen LogP contribution in [0.25, 0.3) is 0 Å². The summed E-state index contributed by atoms with van der Waals surface area (Å²) in [6.07, 6.45) is 0.913. The van der Waals surface area contributed by atoms with Crippen molar-refractivity contribution < 1.29 is 38.5 Å². The molecule has 2 aromatic rings. The van der Waals surface area contributed by atoms with E-state index in [-0.39, 0.29) is 47.9 Å². The average Bonchev–Trinajstić information content (AvgIpc) is 3.76. The highest BCUT2D eigenvalue weighted by Gasteiger charge is 2.43. The zero-order chi connectivity index (χ0) is 47.0. The quantitative estimate of drug-likeness (QED) is 0.0746. The lowest BCUT2D eigenvalue weighted by atomic mass is 9.89. The maximum atomic E-state index is 14.6. The summed E-state index contributed by atoms with van der Waals surface area (Å²) in [4.78, 5) is 61.5. The van der Waals surface area contributed by atoms with Crippen LogP contribution in [-0.4, -0.2) is 148 Å². The zero-order valence-electron chi connectivity index (χ0n) is 40.4. The number of hydrogen-bond donors (Lipinski definition) is 4. The number of aliphatic hydroxyl groups excluding tert-OH is 1. The van der Waals surface area contributed by atoms with Crippen molar-refractivity contribution in [3.8, 4) is 0 Å². The second-order valence-corrected chi connectivity index (χ2v) is 18.1. The van der Waals surface area contributed by atoms with Crippen LogP contribution in [0.15, 0.2) is 54.6 Å². The van der Waals surface area contributed by atoms with E-state index in [1.165, 1.54) is 12.7 Å². The number of likely N-dealkylation sites (tertiary alicyclic amines) is 1. The third kappa shape index (κ3) is 14.7. The van der Waals surface area contributed by atoms with E-state index in [4.69, 9.17) is 14.2 Å². The molecule has 1 heterocycles. The first kappa shape index (κ1) is 53.3. The van der Waals surface area contributed by atoms with Crippen molar-refractivity contribution in [2.24, 2.45) is 23.7 Å². The predicted molar refractivity (Wildman–Crippen MR) is 249 cm³/mol. The van der Waals surface area contributed by atoms with Crippen LogP contribution in [0, 0.1) is 23.7 Å². The number of carbonyl (C=O) groups excluding carboxylic acids is 4. The van der Waals surface area contributed by atoms with Crippen molar-refractivity contribution in [2.75, 3.05) is 60.9 Å². The monoisotopic (exact) mass is 881 g/mol. The molecular weight excluding hydrogens is 801 g/mol. The summed E-state index contributed by atoms with van der Waals surface area (Å²) in [5.41, 5.74) is 3.13. The second kappa shape index (κ2) is 26.0. The van der Waals surface area contributed by atoms with Crippen molar-refractivity contribution in [1.82, 2.24) is 25.3 Å². The third-order valence-electron chi connectivity index (χ3n) is 13.1. The van der Waals surface area contributed by atoms with Crippen molar-refractivity contribution in [1.29, 1.82) is 0 Å². The molecule has 14 nitrogen and oxygen atoms in total. The Bertz CT molecular complexity index is 1700. The minimum Gasteiger partial charge on any atom is -0.468 e. The number of nitrogens with one attached hydrogen (secondary N) is 3. The standard InChI is InChI=1S/C49H80N6O8/c1-14-33(6)44(54(10)48(59)42(31(2)3)52-47(58)43(32(4)5)53(9)28-26-35-22-24-37(50-8)25-23-35)40(61-11)30-41(56)55-27-18-21-39(55)45(62-12)34(7)46(57)51-38(49(60)63-13)29-36-19-16-15-17-20-36/h15-17,19-20,22-25,31-34,38-40,42-46,50-51,57H,14,18,21,26-30H2,1-13H3,(H,52,58)/t33-,34+,38-,39-,40+,42-,43?,44-,45+,46?/m0/s1.